The lowest BCUT2D eigenvalue weighted by molar-refractivity contribution is -0.384. The third-order valence-electron chi connectivity index (χ3n) is 5.00. The highest BCUT2D eigenvalue weighted by atomic mass is 16.6. The van der Waals surface area contributed by atoms with E-state index in [0.29, 0.717) is 22.9 Å². The first-order valence-electron chi connectivity index (χ1n) is 9.33. The Morgan fingerprint density at radius 2 is 1.47 bits per heavy atom. The van der Waals surface area contributed by atoms with Gasteiger partial charge in [-0.25, -0.2) is 0 Å². The van der Waals surface area contributed by atoms with E-state index in [1.165, 1.54) is 35.4 Å². The van der Waals surface area contributed by atoms with Gasteiger partial charge in [0.1, 0.15) is 0 Å². The minimum absolute atomic E-state index is 0.0000681. The van der Waals surface area contributed by atoms with E-state index in [1.807, 2.05) is 24.3 Å². The molecule has 4 rings (SSSR count). The van der Waals surface area contributed by atoms with Gasteiger partial charge in [0, 0.05) is 43.0 Å². The van der Waals surface area contributed by atoms with Crippen molar-refractivity contribution < 1.29 is 14.4 Å². The summed E-state index contributed by atoms with van der Waals surface area (Å²) in [6, 6.07) is 18.0. The van der Waals surface area contributed by atoms with Gasteiger partial charge in [0.05, 0.1) is 24.8 Å². The molecule has 0 saturated carbocycles. The summed E-state index contributed by atoms with van der Waals surface area (Å²) in [5.74, 6) is 1.07. The highest BCUT2D eigenvalue weighted by molar-refractivity contribution is 5.70. The topological polar surface area (TPSA) is 89.6 Å². The minimum atomic E-state index is -0.456. The van der Waals surface area contributed by atoms with E-state index in [0.717, 1.165) is 18.8 Å². The van der Waals surface area contributed by atoms with Crippen LogP contribution in [0.4, 0.5) is 22.7 Å². The summed E-state index contributed by atoms with van der Waals surface area (Å²) in [7, 11) is 3.14. The number of azo groups is 1. The van der Waals surface area contributed by atoms with Crippen LogP contribution in [0.1, 0.15) is 11.1 Å². The van der Waals surface area contributed by atoms with Crippen LogP contribution < -0.4 is 14.4 Å². The second-order valence-electron chi connectivity index (χ2n) is 6.80. The van der Waals surface area contributed by atoms with E-state index in [-0.39, 0.29) is 5.69 Å². The lowest BCUT2D eigenvalue weighted by atomic mass is 10.1. The van der Waals surface area contributed by atoms with Crippen molar-refractivity contribution in [1.29, 1.82) is 0 Å². The highest BCUT2D eigenvalue weighted by Gasteiger charge is 2.22. The maximum Gasteiger partial charge on any atom is 0.269 e. The van der Waals surface area contributed by atoms with E-state index in [2.05, 4.69) is 27.3 Å². The Morgan fingerprint density at radius 1 is 0.900 bits per heavy atom. The summed E-state index contributed by atoms with van der Waals surface area (Å²) in [6.45, 7) is 1.62. The van der Waals surface area contributed by atoms with Gasteiger partial charge in [0.2, 0.25) is 0 Å². The molecule has 1 aliphatic rings. The molecule has 0 aliphatic carbocycles. The molecule has 0 fully saturated rings. The quantitative estimate of drug-likeness (QED) is 0.305. The SMILES string of the molecule is COc1cc(N2Cc3ccccc3C2)cc(OC)c1N=Nc1ccc([N+](=O)[O-])cc1. The number of fused-ring (bicyclic) bond motifs is 1. The number of nitro benzene ring substituents is 1. The van der Waals surface area contributed by atoms with Crippen LogP contribution in [0.2, 0.25) is 0 Å². The van der Waals surface area contributed by atoms with Crippen LogP contribution in [0.25, 0.3) is 0 Å². The van der Waals surface area contributed by atoms with E-state index in [1.54, 1.807) is 14.2 Å². The van der Waals surface area contributed by atoms with Gasteiger partial charge >= 0.3 is 0 Å². The second kappa shape index (κ2) is 8.20. The van der Waals surface area contributed by atoms with Gasteiger partial charge in [-0.1, -0.05) is 24.3 Å². The van der Waals surface area contributed by atoms with Gasteiger partial charge in [0.15, 0.2) is 17.2 Å². The van der Waals surface area contributed by atoms with Gasteiger partial charge in [-0.3, -0.25) is 10.1 Å². The van der Waals surface area contributed by atoms with Crippen LogP contribution in [0, 0.1) is 10.1 Å². The molecule has 152 valence electrons. The first-order valence-corrected chi connectivity index (χ1v) is 9.33. The van der Waals surface area contributed by atoms with Crippen molar-refractivity contribution in [2.75, 3.05) is 19.1 Å². The molecule has 1 aliphatic heterocycles. The Bertz CT molecular complexity index is 1060. The lowest BCUT2D eigenvalue weighted by Gasteiger charge is -2.20. The van der Waals surface area contributed by atoms with Crippen molar-refractivity contribution in [3.8, 4) is 11.5 Å². The molecule has 0 amide bonds. The first-order chi connectivity index (χ1) is 14.6. The summed E-state index contributed by atoms with van der Waals surface area (Å²) >= 11 is 0. The molecule has 1 heterocycles. The zero-order valence-electron chi connectivity index (χ0n) is 16.6. The maximum absolute atomic E-state index is 10.8. The molecule has 8 heteroatoms. The molecule has 0 aromatic heterocycles. The summed E-state index contributed by atoms with van der Waals surface area (Å²) in [4.78, 5) is 12.6. The van der Waals surface area contributed by atoms with Crippen molar-refractivity contribution in [2.45, 2.75) is 13.1 Å². The van der Waals surface area contributed by atoms with E-state index in [9.17, 15) is 10.1 Å². The van der Waals surface area contributed by atoms with Crippen molar-refractivity contribution in [2.24, 2.45) is 10.2 Å². The van der Waals surface area contributed by atoms with Crippen molar-refractivity contribution >= 4 is 22.7 Å². The third-order valence-corrected chi connectivity index (χ3v) is 5.00. The molecule has 0 bridgehead atoms. The van der Waals surface area contributed by atoms with Gasteiger partial charge < -0.3 is 14.4 Å². The smallest absolute Gasteiger partial charge is 0.269 e. The molecule has 3 aromatic rings. The van der Waals surface area contributed by atoms with E-state index < -0.39 is 4.92 Å². The Hall–Kier alpha value is -3.94. The molecule has 0 atom stereocenters. The van der Waals surface area contributed by atoms with Crippen LogP contribution in [-0.2, 0) is 13.1 Å². The molecular formula is C22H20N4O4. The van der Waals surface area contributed by atoms with E-state index in [4.69, 9.17) is 9.47 Å². The first kappa shape index (κ1) is 19.4. The number of nitrogens with zero attached hydrogens (tertiary/aromatic N) is 4. The lowest BCUT2D eigenvalue weighted by Crippen LogP contribution is -2.14. The fourth-order valence-electron chi connectivity index (χ4n) is 3.43. The molecule has 0 N–H and O–H groups in total. The molecule has 30 heavy (non-hydrogen) atoms. The summed E-state index contributed by atoms with van der Waals surface area (Å²) in [6.07, 6.45) is 0. The largest absolute Gasteiger partial charge is 0.494 e. The fourth-order valence-corrected chi connectivity index (χ4v) is 3.43. The van der Waals surface area contributed by atoms with Crippen LogP contribution in [-0.4, -0.2) is 19.1 Å². The zero-order valence-corrected chi connectivity index (χ0v) is 16.6. The summed E-state index contributed by atoms with van der Waals surface area (Å²) in [5.41, 5.74) is 4.52. The second-order valence-corrected chi connectivity index (χ2v) is 6.80. The van der Waals surface area contributed by atoms with Crippen LogP contribution in [0.15, 0.2) is 70.9 Å². The Labute approximate surface area is 173 Å². The standard InChI is InChI=1S/C22H20N4O4/c1-29-20-11-19(25-13-15-5-3-4-6-16(15)14-25)12-21(30-2)22(20)24-23-17-7-9-18(10-8-17)26(27)28/h3-12H,13-14H2,1-2H3. The van der Waals surface area contributed by atoms with Crippen LogP contribution in [0.5, 0.6) is 11.5 Å². The number of ether oxygens (including phenoxy) is 2. The average Bonchev–Trinajstić information content (AvgIpc) is 3.21. The number of hydrogen-bond acceptors (Lipinski definition) is 7. The summed E-state index contributed by atoms with van der Waals surface area (Å²) < 4.78 is 11.1. The van der Waals surface area contributed by atoms with Gasteiger partial charge in [-0.15, -0.1) is 5.11 Å². The number of non-ortho nitro benzene ring substituents is 1. The maximum atomic E-state index is 10.8. The zero-order chi connectivity index (χ0) is 21.1. The fraction of sp³-hybridized carbons (Fsp3) is 0.182. The van der Waals surface area contributed by atoms with Crippen molar-refractivity contribution in [3.05, 3.63) is 81.9 Å². The number of benzene rings is 3. The number of methoxy groups -OCH3 is 2. The van der Waals surface area contributed by atoms with Crippen molar-refractivity contribution in [1.82, 2.24) is 0 Å². The molecule has 3 aromatic carbocycles. The Balaban J connectivity index is 1.63. The van der Waals surface area contributed by atoms with Crippen molar-refractivity contribution in [3.63, 3.8) is 0 Å². The Morgan fingerprint density at radius 3 is 1.97 bits per heavy atom. The number of hydrogen-bond donors (Lipinski definition) is 0. The van der Waals surface area contributed by atoms with Gasteiger partial charge in [-0.2, -0.15) is 5.11 Å². The van der Waals surface area contributed by atoms with Crippen LogP contribution >= 0.6 is 0 Å². The predicted molar refractivity (Wildman–Crippen MR) is 113 cm³/mol. The van der Waals surface area contributed by atoms with Gasteiger partial charge in [-0.05, 0) is 23.3 Å². The predicted octanol–water partition coefficient (Wildman–Crippen LogP) is 5.55. The monoisotopic (exact) mass is 404 g/mol. The van der Waals surface area contributed by atoms with Crippen LogP contribution in [0.3, 0.4) is 0 Å². The highest BCUT2D eigenvalue weighted by Crippen LogP contribution is 2.43. The molecule has 0 spiro atoms. The number of nitro groups is 1. The molecule has 0 unspecified atom stereocenters. The average molecular weight is 404 g/mol. The third kappa shape index (κ3) is 3.80. The molecule has 0 radical (unpaired) electrons. The Kier molecular flexibility index (Phi) is 5.30. The normalized spacial score (nSPS) is 12.8. The van der Waals surface area contributed by atoms with Gasteiger partial charge in [0.25, 0.3) is 5.69 Å². The van der Waals surface area contributed by atoms with E-state index >= 15 is 0 Å². The number of rotatable bonds is 6. The minimum Gasteiger partial charge on any atom is -0.494 e. The molecule has 0 saturated heterocycles. The summed E-state index contributed by atoms with van der Waals surface area (Å²) in [5, 5.41) is 19.3. The molecule has 8 nitrogen and oxygen atoms in total. The molecular weight excluding hydrogens is 384 g/mol. The number of anilines is 1.